The monoisotopic (exact) mass is 462 g/mol. The first kappa shape index (κ1) is 22.2. The topological polar surface area (TPSA) is 103 Å². The van der Waals surface area contributed by atoms with Gasteiger partial charge in [-0.15, -0.1) is 0 Å². The normalized spacial score (nSPS) is 16.6. The summed E-state index contributed by atoms with van der Waals surface area (Å²) >= 11 is 0. The third kappa shape index (κ3) is 4.20. The van der Waals surface area contributed by atoms with Gasteiger partial charge in [0.25, 0.3) is 0 Å². The molecule has 9 nitrogen and oxygen atoms in total. The number of rotatable bonds is 6. The van der Waals surface area contributed by atoms with Crippen molar-refractivity contribution in [2.75, 3.05) is 39.4 Å². The van der Waals surface area contributed by atoms with E-state index in [-0.39, 0.29) is 36.6 Å². The van der Waals surface area contributed by atoms with Crippen LogP contribution in [0.2, 0.25) is 0 Å². The highest BCUT2D eigenvalue weighted by atomic mass is 32.2. The highest BCUT2D eigenvalue weighted by Gasteiger charge is 2.33. The number of hydrogen-bond donors (Lipinski definition) is 1. The molecule has 1 saturated heterocycles. The van der Waals surface area contributed by atoms with E-state index in [0.29, 0.717) is 47.1 Å². The molecule has 0 bridgehead atoms. The summed E-state index contributed by atoms with van der Waals surface area (Å²) in [6.07, 6.45) is 0.865. The Balaban J connectivity index is 1.42. The van der Waals surface area contributed by atoms with Gasteiger partial charge < -0.3 is 24.3 Å². The Kier molecular flexibility index (Phi) is 6.16. The van der Waals surface area contributed by atoms with E-state index in [4.69, 9.17) is 18.9 Å². The summed E-state index contributed by atoms with van der Waals surface area (Å²) in [5.41, 5.74) is 1.19. The van der Waals surface area contributed by atoms with Gasteiger partial charge in [-0.3, -0.25) is 4.79 Å². The Bertz CT molecular complexity index is 1130. The van der Waals surface area contributed by atoms with Crippen LogP contribution in [0.15, 0.2) is 35.2 Å². The van der Waals surface area contributed by atoms with E-state index in [1.165, 1.54) is 24.6 Å². The SMILES string of the molecule is COc1cc(C)c(S(=O)(=O)N2CCC(C(=O)Nc3ccc4c(c3)OCO4)CC2)cc1OC. The van der Waals surface area contributed by atoms with E-state index < -0.39 is 10.0 Å². The van der Waals surface area contributed by atoms with Crippen molar-refractivity contribution in [3.63, 3.8) is 0 Å². The molecule has 2 aromatic carbocycles. The number of piperidine rings is 1. The summed E-state index contributed by atoms with van der Waals surface area (Å²) in [5, 5.41) is 2.89. The van der Waals surface area contributed by atoms with Gasteiger partial charge >= 0.3 is 0 Å². The van der Waals surface area contributed by atoms with Crippen LogP contribution in [0.25, 0.3) is 0 Å². The Morgan fingerprint density at radius 3 is 2.38 bits per heavy atom. The van der Waals surface area contributed by atoms with Gasteiger partial charge in [0, 0.05) is 36.8 Å². The van der Waals surface area contributed by atoms with Crippen LogP contribution in [0.4, 0.5) is 5.69 Å². The molecule has 0 aliphatic carbocycles. The largest absolute Gasteiger partial charge is 0.493 e. The number of carbonyl (C=O) groups excluding carboxylic acids is 1. The molecule has 2 aliphatic heterocycles. The second-order valence-electron chi connectivity index (χ2n) is 7.71. The molecule has 4 rings (SSSR count). The van der Waals surface area contributed by atoms with Crippen molar-refractivity contribution in [3.05, 3.63) is 35.9 Å². The highest BCUT2D eigenvalue weighted by Crippen LogP contribution is 2.36. The molecule has 0 radical (unpaired) electrons. The minimum atomic E-state index is -3.73. The number of aryl methyl sites for hydroxylation is 1. The number of hydrogen-bond acceptors (Lipinski definition) is 7. The maximum absolute atomic E-state index is 13.3. The minimum absolute atomic E-state index is 0.136. The van der Waals surface area contributed by atoms with E-state index >= 15 is 0 Å². The molecule has 0 atom stereocenters. The summed E-state index contributed by atoms with van der Waals surface area (Å²) < 4.78 is 49.1. The number of benzene rings is 2. The molecule has 10 heteroatoms. The van der Waals surface area contributed by atoms with E-state index in [9.17, 15) is 13.2 Å². The fourth-order valence-electron chi connectivity index (χ4n) is 3.96. The van der Waals surface area contributed by atoms with Gasteiger partial charge in [0.1, 0.15) is 0 Å². The number of carbonyl (C=O) groups is 1. The smallest absolute Gasteiger partial charge is 0.243 e. The van der Waals surface area contributed by atoms with Crippen LogP contribution in [-0.4, -0.2) is 52.7 Å². The molecule has 0 unspecified atom stereocenters. The zero-order chi connectivity index (χ0) is 22.9. The predicted molar refractivity (Wildman–Crippen MR) is 117 cm³/mol. The molecule has 172 valence electrons. The molecule has 2 aromatic rings. The van der Waals surface area contributed by atoms with Gasteiger partial charge in [-0.2, -0.15) is 4.31 Å². The van der Waals surface area contributed by atoms with E-state index in [0.717, 1.165) is 0 Å². The number of anilines is 1. The van der Waals surface area contributed by atoms with Crippen LogP contribution in [0.1, 0.15) is 18.4 Å². The first-order chi connectivity index (χ1) is 15.3. The Labute approximate surface area is 187 Å². The number of nitrogens with one attached hydrogen (secondary N) is 1. The lowest BCUT2D eigenvalue weighted by Gasteiger charge is -2.31. The van der Waals surface area contributed by atoms with Crippen molar-refractivity contribution < 1.29 is 32.2 Å². The first-order valence-corrected chi connectivity index (χ1v) is 11.7. The van der Waals surface area contributed by atoms with Crippen LogP contribution in [0.3, 0.4) is 0 Å². The van der Waals surface area contributed by atoms with E-state index in [1.807, 2.05) is 0 Å². The number of fused-ring (bicyclic) bond motifs is 1. The fourth-order valence-corrected chi connectivity index (χ4v) is 5.65. The van der Waals surface area contributed by atoms with Gasteiger partial charge in [-0.25, -0.2) is 8.42 Å². The zero-order valence-corrected chi connectivity index (χ0v) is 19.0. The molecule has 1 N–H and O–H groups in total. The minimum Gasteiger partial charge on any atom is -0.493 e. The number of sulfonamides is 1. The average molecular weight is 463 g/mol. The molecular formula is C22H26N2O7S. The second-order valence-corrected chi connectivity index (χ2v) is 9.61. The number of methoxy groups -OCH3 is 2. The van der Waals surface area contributed by atoms with Crippen molar-refractivity contribution in [3.8, 4) is 23.0 Å². The Morgan fingerprint density at radius 2 is 1.69 bits per heavy atom. The van der Waals surface area contributed by atoms with Crippen molar-refractivity contribution in [1.82, 2.24) is 4.31 Å². The second kappa shape index (κ2) is 8.87. The Morgan fingerprint density at radius 1 is 1.03 bits per heavy atom. The lowest BCUT2D eigenvalue weighted by molar-refractivity contribution is -0.120. The van der Waals surface area contributed by atoms with Gasteiger partial charge in [0.15, 0.2) is 23.0 Å². The molecular weight excluding hydrogens is 436 g/mol. The number of nitrogens with zero attached hydrogens (tertiary/aromatic N) is 1. The fraction of sp³-hybridized carbons (Fsp3) is 0.409. The van der Waals surface area contributed by atoms with Crippen molar-refractivity contribution in [1.29, 1.82) is 0 Å². The van der Waals surface area contributed by atoms with Gasteiger partial charge in [0.05, 0.1) is 19.1 Å². The Hall–Kier alpha value is -2.98. The van der Waals surface area contributed by atoms with Crippen molar-refractivity contribution >= 4 is 21.6 Å². The third-order valence-electron chi connectivity index (χ3n) is 5.76. The maximum atomic E-state index is 13.3. The predicted octanol–water partition coefficient (Wildman–Crippen LogP) is 2.78. The van der Waals surface area contributed by atoms with Crippen LogP contribution in [0, 0.1) is 12.8 Å². The van der Waals surface area contributed by atoms with Gasteiger partial charge in [0.2, 0.25) is 22.7 Å². The molecule has 0 spiro atoms. The molecule has 2 aliphatic rings. The molecule has 0 aromatic heterocycles. The molecule has 0 saturated carbocycles. The highest BCUT2D eigenvalue weighted by molar-refractivity contribution is 7.89. The third-order valence-corrected chi connectivity index (χ3v) is 7.80. The molecule has 1 fully saturated rings. The van der Waals surface area contributed by atoms with Crippen LogP contribution >= 0.6 is 0 Å². The summed E-state index contributed by atoms with van der Waals surface area (Å²) in [6.45, 7) is 2.41. The first-order valence-electron chi connectivity index (χ1n) is 10.3. The van der Waals surface area contributed by atoms with Gasteiger partial charge in [-0.1, -0.05) is 0 Å². The van der Waals surface area contributed by atoms with E-state index in [1.54, 1.807) is 31.2 Å². The lowest BCUT2D eigenvalue weighted by Crippen LogP contribution is -2.41. The summed E-state index contributed by atoms with van der Waals surface area (Å²) in [5.74, 6) is 1.65. The quantitative estimate of drug-likeness (QED) is 0.704. The summed E-state index contributed by atoms with van der Waals surface area (Å²) in [4.78, 5) is 12.9. The van der Waals surface area contributed by atoms with Crippen molar-refractivity contribution in [2.45, 2.75) is 24.7 Å². The number of amides is 1. The summed E-state index contributed by atoms with van der Waals surface area (Å²) in [6, 6.07) is 8.36. The van der Waals surface area contributed by atoms with Gasteiger partial charge in [-0.05, 0) is 43.5 Å². The van der Waals surface area contributed by atoms with Crippen LogP contribution < -0.4 is 24.3 Å². The zero-order valence-electron chi connectivity index (χ0n) is 18.2. The van der Waals surface area contributed by atoms with Crippen LogP contribution in [-0.2, 0) is 14.8 Å². The molecule has 2 heterocycles. The number of ether oxygens (including phenoxy) is 4. The standard InChI is InChI=1S/C22H26N2O7S/c1-14-10-18(28-2)19(29-3)12-21(14)32(26,27)24-8-6-15(7-9-24)22(25)23-16-4-5-17-20(11-16)31-13-30-17/h4-5,10-12,15H,6-9,13H2,1-3H3,(H,23,25). The van der Waals surface area contributed by atoms with Crippen molar-refractivity contribution in [2.24, 2.45) is 5.92 Å². The van der Waals surface area contributed by atoms with Crippen LogP contribution in [0.5, 0.6) is 23.0 Å². The average Bonchev–Trinajstić information content (AvgIpc) is 3.26. The molecule has 32 heavy (non-hydrogen) atoms. The maximum Gasteiger partial charge on any atom is 0.243 e. The lowest BCUT2D eigenvalue weighted by atomic mass is 9.97. The summed E-state index contributed by atoms with van der Waals surface area (Å²) in [7, 11) is -0.759. The van der Waals surface area contributed by atoms with E-state index in [2.05, 4.69) is 5.32 Å². The molecule has 1 amide bonds.